The van der Waals surface area contributed by atoms with Crippen molar-refractivity contribution in [2.75, 3.05) is 20.0 Å². The highest BCUT2D eigenvalue weighted by Gasteiger charge is 2.06. The van der Waals surface area contributed by atoms with Crippen LogP contribution < -0.4 is 15.2 Å². The van der Waals surface area contributed by atoms with Gasteiger partial charge in [0.25, 0.3) is 0 Å². The summed E-state index contributed by atoms with van der Waals surface area (Å²) in [5, 5.41) is 0. The quantitative estimate of drug-likeness (QED) is 0.822. The summed E-state index contributed by atoms with van der Waals surface area (Å²) in [4.78, 5) is 4.16. The molecular weight excluding hydrogens is 216 g/mol. The summed E-state index contributed by atoms with van der Waals surface area (Å²) in [6, 6.07) is 9.28. The van der Waals surface area contributed by atoms with Crippen molar-refractivity contribution in [3.63, 3.8) is 0 Å². The number of anilines is 1. The molecule has 1 heterocycles. The summed E-state index contributed by atoms with van der Waals surface area (Å²) in [5.41, 5.74) is 8.30. The van der Waals surface area contributed by atoms with E-state index in [1.165, 1.54) is 0 Å². The Morgan fingerprint density at radius 3 is 2.47 bits per heavy atom. The third kappa shape index (κ3) is 2.30. The highest BCUT2D eigenvalue weighted by Crippen LogP contribution is 2.31. The lowest BCUT2D eigenvalue weighted by atomic mass is 10.1. The maximum Gasteiger partial charge on any atom is 0.212 e. The highest BCUT2D eigenvalue weighted by molar-refractivity contribution is 5.72. The second kappa shape index (κ2) is 4.74. The Labute approximate surface area is 100 Å². The van der Waals surface area contributed by atoms with Gasteiger partial charge in [-0.1, -0.05) is 0 Å². The van der Waals surface area contributed by atoms with Crippen molar-refractivity contribution in [3.8, 4) is 22.8 Å². The number of hydrogen-bond donors (Lipinski definition) is 1. The minimum absolute atomic E-state index is 0.586. The van der Waals surface area contributed by atoms with E-state index < -0.39 is 0 Å². The molecule has 4 heteroatoms. The number of aromatic nitrogens is 1. The third-order valence-electron chi connectivity index (χ3n) is 2.48. The zero-order chi connectivity index (χ0) is 12.3. The van der Waals surface area contributed by atoms with Crippen LogP contribution >= 0.6 is 0 Å². The number of benzene rings is 1. The summed E-state index contributed by atoms with van der Waals surface area (Å²) in [6.45, 7) is 0. The molecule has 0 saturated carbocycles. The number of ether oxygens (including phenoxy) is 2. The number of hydrogen-bond acceptors (Lipinski definition) is 4. The maximum absolute atomic E-state index is 5.71. The van der Waals surface area contributed by atoms with Crippen LogP contribution in [-0.4, -0.2) is 19.2 Å². The van der Waals surface area contributed by atoms with E-state index in [1.54, 1.807) is 26.5 Å². The molecule has 0 amide bonds. The van der Waals surface area contributed by atoms with Crippen LogP contribution in [0.25, 0.3) is 11.1 Å². The van der Waals surface area contributed by atoms with Gasteiger partial charge in [-0.15, -0.1) is 0 Å². The van der Waals surface area contributed by atoms with Crippen LogP contribution in [0.2, 0.25) is 0 Å². The normalized spacial score (nSPS) is 10.0. The van der Waals surface area contributed by atoms with Crippen LogP contribution in [0.1, 0.15) is 0 Å². The smallest absolute Gasteiger partial charge is 0.212 e. The molecule has 0 aliphatic heterocycles. The lowest BCUT2D eigenvalue weighted by Crippen LogP contribution is -1.92. The number of methoxy groups -OCH3 is 2. The molecular formula is C13H14N2O2. The Bertz CT molecular complexity index is 509. The lowest BCUT2D eigenvalue weighted by Gasteiger charge is -2.09. The van der Waals surface area contributed by atoms with Crippen LogP contribution in [0.3, 0.4) is 0 Å². The van der Waals surface area contributed by atoms with Gasteiger partial charge in [-0.2, -0.15) is 0 Å². The molecule has 0 saturated heterocycles. The Kier molecular flexibility index (Phi) is 3.14. The first kappa shape index (κ1) is 11.3. The van der Waals surface area contributed by atoms with Gasteiger partial charge in [0.2, 0.25) is 5.88 Å². The molecule has 2 N–H and O–H groups in total. The van der Waals surface area contributed by atoms with Crippen LogP contribution in [0, 0.1) is 0 Å². The van der Waals surface area contributed by atoms with E-state index in [0.717, 1.165) is 16.9 Å². The van der Waals surface area contributed by atoms with Gasteiger partial charge in [-0.3, -0.25) is 0 Å². The van der Waals surface area contributed by atoms with Crippen molar-refractivity contribution in [2.24, 2.45) is 0 Å². The Morgan fingerprint density at radius 1 is 1.06 bits per heavy atom. The molecule has 0 aliphatic rings. The van der Waals surface area contributed by atoms with Gasteiger partial charge in [0, 0.05) is 35.1 Å². The topological polar surface area (TPSA) is 57.4 Å². The average Bonchev–Trinajstić information content (AvgIpc) is 2.39. The highest BCUT2D eigenvalue weighted by atomic mass is 16.5. The SMILES string of the molecule is COc1ccc(-c2ccc(N)cc2OC)cn1. The van der Waals surface area contributed by atoms with Crippen LogP contribution in [0.5, 0.6) is 11.6 Å². The average molecular weight is 230 g/mol. The van der Waals surface area contributed by atoms with Gasteiger partial charge in [-0.25, -0.2) is 4.98 Å². The number of rotatable bonds is 3. The van der Waals surface area contributed by atoms with Crippen molar-refractivity contribution in [2.45, 2.75) is 0 Å². The van der Waals surface area contributed by atoms with E-state index in [-0.39, 0.29) is 0 Å². The van der Waals surface area contributed by atoms with Crippen molar-refractivity contribution in [1.29, 1.82) is 0 Å². The van der Waals surface area contributed by atoms with E-state index in [2.05, 4.69) is 4.98 Å². The minimum Gasteiger partial charge on any atom is -0.496 e. The molecule has 2 aromatic rings. The van der Waals surface area contributed by atoms with Gasteiger partial charge in [0.15, 0.2) is 0 Å². The first-order valence-corrected chi connectivity index (χ1v) is 5.18. The number of pyridine rings is 1. The largest absolute Gasteiger partial charge is 0.496 e. The van der Waals surface area contributed by atoms with Crippen molar-refractivity contribution in [3.05, 3.63) is 36.5 Å². The van der Waals surface area contributed by atoms with Gasteiger partial charge in [-0.05, 0) is 18.2 Å². The first-order valence-electron chi connectivity index (χ1n) is 5.18. The molecule has 0 unspecified atom stereocenters. The number of nitrogen functional groups attached to an aromatic ring is 1. The fourth-order valence-electron chi connectivity index (χ4n) is 1.61. The van der Waals surface area contributed by atoms with Gasteiger partial charge in [0.05, 0.1) is 14.2 Å². The summed E-state index contributed by atoms with van der Waals surface area (Å²) >= 11 is 0. The predicted octanol–water partition coefficient (Wildman–Crippen LogP) is 2.35. The molecule has 17 heavy (non-hydrogen) atoms. The fraction of sp³-hybridized carbons (Fsp3) is 0.154. The molecule has 88 valence electrons. The summed E-state index contributed by atoms with van der Waals surface area (Å²) in [6.07, 6.45) is 1.74. The van der Waals surface area contributed by atoms with E-state index in [9.17, 15) is 0 Å². The predicted molar refractivity (Wildman–Crippen MR) is 67.2 cm³/mol. The summed E-state index contributed by atoms with van der Waals surface area (Å²) < 4.78 is 10.3. The molecule has 2 rings (SSSR count). The Balaban J connectivity index is 2.44. The lowest BCUT2D eigenvalue weighted by molar-refractivity contribution is 0.398. The van der Waals surface area contributed by atoms with Crippen LogP contribution in [-0.2, 0) is 0 Å². The monoisotopic (exact) mass is 230 g/mol. The second-order valence-corrected chi connectivity index (χ2v) is 3.55. The standard InChI is InChI=1S/C13H14N2O2/c1-16-12-7-10(14)4-5-11(12)9-3-6-13(17-2)15-8-9/h3-8H,14H2,1-2H3. The van der Waals surface area contributed by atoms with E-state index in [1.807, 2.05) is 24.3 Å². The Morgan fingerprint density at radius 2 is 1.88 bits per heavy atom. The summed E-state index contributed by atoms with van der Waals surface area (Å²) in [7, 11) is 3.21. The van der Waals surface area contributed by atoms with Gasteiger partial charge >= 0.3 is 0 Å². The van der Waals surface area contributed by atoms with E-state index in [0.29, 0.717) is 11.6 Å². The van der Waals surface area contributed by atoms with Gasteiger partial charge in [0.1, 0.15) is 5.75 Å². The number of nitrogens with two attached hydrogens (primary N) is 1. The van der Waals surface area contributed by atoms with Crippen molar-refractivity contribution >= 4 is 5.69 Å². The van der Waals surface area contributed by atoms with E-state index in [4.69, 9.17) is 15.2 Å². The third-order valence-corrected chi connectivity index (χ3v) is 2.48. The first-order chi connectivity index (χ1) is 8.24. The van der Waals surface area contributed by atoms with Crippen molar-refractivity contribution < 1.29 is 9.47 Å². The van der Waals surface area contributed by atoms with Gasteiger partial charge < -0.3 is 15.2 Å². The molecule has 0 spiro atoms. The molecule has 1 aromatic carbocycles. The minimum atomic E-state index is 0.586. The molecule has 0 radical (unpaired) electrons. The molecule has 4 nitrogen and oxygen atoms in total. The summed E-state index contributed by atoms with van der Waals surface area (Å²) in [5.74, 6) is 1.32. The Hall–Kier alpha value is -2.23. The molecule has 0 bridgehead atoms. The molecule has 0 aliphatic carbocycles. The second-order valence-electron chi connectivity index (χ2n) is 3.55. The molecule has 0 fully saturated rings. The van der Waals surface area contributed by atoms with Crippen LogP contribution in [0.4, 0.5) is 5.69 Å². The van der Waals surface area contributed by atoms with Crippen molar-refractivity contribution in [1.82, 2.24) is 4.98 Å². The zero-order valence-corrected chi connectivity index (χ0v) is 9.81. The fourth-order valence-corrected chi connectivity index (χ4v) is 1.61. The van der Waals surface area contributed by atoms with Crippen LogP contribution in [0.15, 0.2) is 36.5 Å². The molecule has 0 atom stereocenters. The zero-order valence-electron chi connectivity index (χ0n) is 9.81. The molecule has 1 aromatic heterocycles. The number of nitrogens with zero attached hydrogens (tertiary/aromatic N) is 1. The van der Waals surface area contributed by atoms with E-state index >= 15 is 0 Å². The maximum atomic E-state index is 5.71.